The summed E-state index contributed by atoms with van der Waals surface area (Å²) in [5, 5.41) is 0. The molecule has 0 saturated carbocycles. The molecule has 3 aromatic rings. The molecule has 1 heterocycles. The molecule has 4 rings (SSSR count). The number of hydrogen-bond acceptors (Lipinski definition) is 2. The second-order valence-electron chi connectivity index (χ2n) is 7.52. The van der Waals surface area contributed by atoms with Gasteiger partial charge in [-0.3, -0.25) is 4.79 Å². The summed E-state index contributed by atoms with van der Waals surface area (Å²) in [6, 6.07) is 28.2. The molecule has 0 aromatic heterocycles. The fraction of sp³-hybridized carbons (Fsp3) is 0.192. The second-order valence-corrected chi connectivity index (χ2v) is 7.52. The van der Waals surface area contributed by atoms with Gasteiger partial charge in [0.25, 0.3) is 0 Å². The fourth-order valence-electron chi connectivity index (χ4n) is 4.19. The van der Waals surface area contributed by atoms with Crippen LogP contribution in [0.2, 0.25) is 0 Å². The average Bonchev–Trinajstić information content (AvgIpc) is 2.76. The molecule has 1 amide bonds. The molecule has 3 aromatic carbocycles. The number of carbonyl (C=O) groups excluding carboxylic acids is 1. The van der Waals surface area contributed by atoms with Crippen molar-refractivity contribution in [1.82, 2.24) is 0 Å². The number of β-lactam (4-membered cyclic amide) rings is 1. The first-order valence-electron chi connectivity index (χ1n) is 9.86. The van der Waals surface area contributed by atoms with Gasteiger partial charge in [-0.2, -0.15) is 0 Å². The highest BCUT2D eigenvalue weighted by Crippen LogP contribution is 2.50. The molecule has 0 spiro atoms. The summed E-state index contributed by atoms with van der Waals surface area (Å²) in [6.07, 6.45) is 0. The summed E-state index contributed by atoms with van der Waals surface area (Å²) >= 11 is 0. The molecule has 29 heavy (non-hydrogen) atoms. The summed E-state index contributed by atoms with van der Waals surface area (Å²) in [5.41, 5.74) is 5.44. The SMILES string of the molecule is COc1ccc(N2C(=O)[C@@H](C(=C(C)C)c3ccccc3)[C@@H]2c2ccccc2)cc1. The molecule has 1 fully saturated rings. The van der Waals surface area contributed by atoms with Gasteiger partial charge in [0.15, 0.2) is 0 Å². The highest BCUT2D eigenvalue weighted by molar-refractivity contribution is 6.10. The van der Waals surface area contributed by atoms with E-state index in [9.17, 15) is 4.79 Å². The van der Waals surface area contributed by atoms with Gasteiger partial charge in [0, 0.05) is 5.69 Å². The van der Waals surface area contributed by atoms with Gasteiger partial charge in [0.1, 0.15) is 5.75 Å². The Bertz CT molecular complexity index is 1020. The Labute approximate surface area is 172 Å². The van der Waals surface area contributed by atoms with Gasteiger partial charge >= 0.3 is 0 Å². The van der Waals surface area contributed by atoms with Crippen molar-refractivity contribution in [3.63, 3.8) is 0 Å². The highest BCUT2D eigenvalue weighted by Gasteiger charge is 2.50. The van der Waals surface area contributed by atoms with Gasteiger partial charge in [-0.05, 0) is 54.8 Å². The molecule has 146 valence electrons. The zero-order valence-corrected chi connectivity index (χ0v) is 17.0. The lowest BCUT2D eigenvalue weighted by Gasteiger charge is -2.49. The van der Waals surface area contributed by atoms with Gasteiger partial charge in [-0.15, -0.1) is 0 Å². The Morgan fingerprint density at radius 1 is 0.828 bits per heavy atom. The summed E-state index contributed by atoms with van der Waals surface area (Å²) < 4.78 is 5.28. The predicted octanol–water partition coefficient (Wildman–Crippen LogP) is 5.89. The molecule has 1 saturated heterocycles. The van der Waals surface area contributed by atoms with E-state index in [4.69, 9.17) is 4.74 Å². The Kier molecular flexibility index (Phi) is 5.22. The molecule has 1 aliphatic heterocycles. The molecule has 2 atom stereocenters. The number of amides is 1. The number of anilines is 1. The van der Waals surface area contributed by atoms with Crippen molar-refractivity contribution in [1.29, 1.82) is 0 Å². The summed E-state index contributed by atoms with van der Waals surface area (Å²) in [7, 11) is 1.65. The molecule has 0 unspecified atom stereocenters. The largest absolute Gasteiger partial charge is 0.497 e. The minimum Gasteiger partial charge on any atom is -0.497 e. The van der Waals surface area contributed by atoms with E-state index >= 15 is 0 Å². The van der Waals surface area contributed by atoms with Crippen LogP contribution in [-0.4, -0.2) is 13.0 Å². The van der Waals surface area contributed by atoms with E-state index < -0.39 is 0 Å². The van der Waals surface area contributed by atoms with Crippen LogP contribution in [-0.2, 0) is 4.79 Å². The van der Waals surface area contributed by atoms with Crippen LogP contribution < -0.4 is 9.64 Å². The van der Waals surface area contributed by atoms with Gasteiger partial charge in [0.2, 0.25) is 5.91 Å². The number of rotatable bonds is 5. The molecule has 3 heteroatoms. The average molecular weight is 383 g/mol. The van der Waals surface area contributed by atoms with E-state index in [0.717, 1.165) is 28.1 Å². The minimum atomic E-state index is -0.202. The topological polar surface area (TPSA) is 29.5 Å². The first kappa shape index (κ1) is 19.0. The third-order valence-electron chi connectivity index (χ3n) is 5.52. The van der Waals surface area contributed by atoms with Crippen molar-refractivity contribution < 1.29 is 9.53 Å². The lowest BCUT2D eigenvalue weighted by molar-refractivity contribution is -0.127. The number of nitrogens with zero attached hydrogens (tertiary/aromatic N) is 1. The van der Waals surface area contributed by atoms with Crippen LogP contribution >= 0.6 is 0 Å². The van der Waals surface area contributed by atoms with Crippen molar-refractivity contribution >= 4 is 17.2 Å². The van der Waals surface area contributed by atoms with Gasteiger partial charge in [-0.25, -0.2) is 0 Å². The van der Waals surface area contributed by atoms with E-state index in [1.165, 1.54) is 5.57 Å². The highest BCUT2D eigenvalue weighted by atomic mass is 16.5. The summed E-state index contributed by atoms with van der Waals surface area (Å²) in [4.78, 5) is 15.4. The Balaban J connectivity index is 1.79. The monoisotopic (exact) mass is 383 g/mol. The maximum Gasteiger partial charge on any atom is 0.237 e. The quantitative estimate of drug-likeness (QED) is 0.514. The van der Waals surface area contributed by atoms with Crippen LogP contribution in [0.15, 0.2) is 90.5 Å². The standard InChI is InChI=1S/C26H25NO2/c1-18(2)23(19-10-6-4-7-11-19)24-25(20-12-8-5-9-13-20)27(26(24)28)21-14-16-22(29-3)17-15-21/h4-17,24-25H,1-3H3/t24-,25-/m0/s1. The molecular formula is C26H25NO2. The van der Waals surface area contributed by atoms with Crippen LogP contribution in [0.25, 0.3) is 5.57 Å². The van der Waals surface area contributed by atoms with E-state index in [1.807, 2.05) is 65.6 Å². The summed E-state index contributed by atoms with van der Waals surface area (Å²) in [6.45, 7) is 4.18. The van der Waals surface area contributed by atoms with Gasteiger partial charge < -0.3 is 9.64 Å². The third-order valence-corrected chi connectivity index (χ3v) is 5.52. The van der Waals surface area contributed by atoms with Crippen molar-refractivity contribution in [2.45, 2.75) is 19.9 Å². The van der Waals surface area contributed by atoms with E-state index in [0.29, 0.717) is 0 Å². The van der Waals surface area contributed by atoms with E-state index in [1.54, 1.807) is 7.11 Å². The predicted molar refractivity (Wildman–Crippen MR) is 118 cm³/mol. The number of hydrogen-bond donors (Lipinski definition) is 0. The Hall–Kier alpha value is -3.33. The molecule has 1 aliphatic rings. The second kappa shape index (κ2) is 7.96. The smallest absolute Gasteiger partial charge is 0.237 e. The van der Waals surface area contributed by atoms with E-state index in [2.05, 4.69) is 38.1 Å². The summed E-state index contributed by atoms with van der Waals surface area (Å²) in [5.74, 6) is 0.708. The number of methoxy groups -OCH3 is 1. The van der Waals surface area contributed by atoms with Crippen LogP contribution in [0, 0.1) is 5.92 Å². The molecule has 3 nitrogen and oxygen atoms in total. The lowest BCUT2D eigenvalue weighted by atomic mass is 9.73. The van der Waals surface area contributed by atoms with Crippen molar-refractivity contribution in [3.8, 4) is 5.75 Å². The van der Waals surface area contributed by atoms with Crippen molar-refractivity contribution in [2.75, 3.05) is 12.0 Å². The van der Waals surface area contributed by atoms with E-state index in [-0.39, 0.29) is 17.9 Å². The first-order valence-corrected chi connectivity index (χ1v) is 9.86. The number of allylic oxidation sites excluding steroid dienone is 1. The Morgan fingerprint density at radius 3 is 1.97 bits per heavy atom. The molecule has 0 bridgehead atoms. The van der Waals surface area contributed by atoms with Gasteiger partial charge in [-0.1, -0.05) is 66.2 Å². The molecule has 0 N–H and O–H groups in total. The number of carbonyl (C=O) groups is 1. The van der Waals surface area contributed by atoms with Crippen LogP contribution in [0.4, 0.5) is 5.69 Å². The minimum absolute atomic E-state index is 0.0396. The Morgan fingerprint density at radius 2 is 1.41 bits per heavy atom. The maximum atomic E-state index is 13.5. The van der Waals surface area contributed by atoms with Crippen LogP contribution in [0.3, 0.4) is 0 Å². The van der Waals surface area contributed by atoms with Gasteiger partial charge in [0.05, 0.1) is 19.1 Å². The fourth-order valence-corrected chi connectivity index (χ4v) is 4.19. The van der Waals surface area contributed by atoms with Crippen molar-refractivity contribution in [3.05, 3.63) is 102 Å². The molecular weight excluding hydrogens is 358 g/mol. The molecule has 0 radical (unpaired) electrons. The lowest BCUT2D eigenvalue weighted by Crippen LogP contribution is -2.55. The van der Waals surface area contributed by atoms with Crippen LogP contribution in [0.5, 0.6) is 5.75 Å². The van der Waals surface area contributed by atoms with Crippen molar-refractivity contribution in [2.24, 2.45) is 5.92 Å². The normalized spacial score (nSPS) is 18.2. The number of ether oxygens (including phenoxy) is 1. The number of benzene rings is 3. The first-order chi connectivity index (χ1) is 14.1. The molecule has 0 aliphatic carbocycles. The van der Waals surface area contributed by atoms with Crippen LogP contribution in [0.1, 0.15) is 31.0 Å². The third kappa shape index (κ3) is 3.44. The zero-order chi connectivity index (χ0) is 20.4. The maximum absolute atomic E-state index is 13.5. The zero-order valence-electron chi connectivity index (χ0n) is 17.0.